The molecule has 0 saturated carbocycles. The molecular formula is C7H14N2. The lowest BCUT2D eigenvalue weighted by atomic mass is 9.92. The molecule has 2 nitrogen and oxygen atoms in total. The zero-order chi connectivity index (χ0) is 6.48. The molecule has 2 rings (SSSR count). The fraction of sp³-hybridized carbons (Fsp3) is 1.00. The third kappa shape index (κ3) is 0.700. The molecule has 2 aliphatic heterocycles. The van der Waals surface area contributed by atoms with Crippen LogP contribution in [0.5, 0.6) is 0 Å². The number of hydrogen-bond donors (Lipinski definition) is 2. The quantitative estimate of drug-likeness (QED) is 0.492. The van der Waals surface area contributed by atoms with Gasteiger partial charge in [0.2, 0.25) is 0 Å². The third-order valence-corrected chi connectivity index (χ3v) is 2.56. The highest BCUT2D eigenvalue weighted by molar-refractivity contribution is 5.05. The monoisotopic (exact) mass is 126 g/mol. The summed E-state index contributed by atoms with van der Waals surface area (Å²) in [6.45, 7) is 4.54. The Kier molecular flexibility index (Phi) is 0.945. The number of hydrogen-bond acceptors (Lipinski definition) is 2. The van der Waals surface area contributed by atoms with E-state index in [1.165, 1.54) is 12.8 Å². The Morgan fingerprint density at radius 3 is 2.33 bits per heavy atom. The van der Waals surface area contributed by atoms with Gasteiger partial charge in [-0.3, -0.25) is 10.6 Å². The van der Waals surface area contributed by atoms with Gasteiger partial charge < -0.3 is 0 Å². The molecule has 2 N–H and O–H groups in total. The molecule has 52 valence electrons. The standard InChI is InChI=1S/C7H14N2/c1-7(2)5-3-4-6(8-5)9-7/h5-6,8-9H,3-4H2,1-2H3. The lowest BCUT2D eigenvalue weighted by Gasteiger charge is -2.28. The smallest absolute Gasteiger partial charge is 0.0579 e. The first-order chi connectivity index (χ1) is 4.18. The van der Waals surface area contributed by atoms with Crippen LogP contribution in [0.1, 0.15) is 26.7 Å². The van der Waals surface area contributed by atoms with Crippen molar-refractivity contribution in [2.24, 2.45) is 0 Å². The maximum atomic E-state index is 3.52. The lowest BCUT2D eigenvalue weighted by molar-refractivity contribution is 0.330. The van der Waals surface area contributed by atoms with Crippen LogP contribution in [0.3, 0.4) is 0 Å². The van der Waals surface area contributed by atoms with Crippen LogP contribution >= 0.6 is 0 Å². The van der Waals surface area contributed by atoms with Crippen molar-refractivity contribution in [3.05, 3.63) is 0 Å². The number of rotatable bonds is 0. The van der Waals surface area contributed by atoms with Crippen LogP contribution in [0, 0.1) is 0 Å². The largest absolute Gasteiger partial charge is 0.297 e. The molecule has 2 unspecified atom stereocenters. The van der Waals surface area contributed by atoms with Gasteiger partial charge in [-0.1, -0.05) is 0 Å². The van der Waals surface area contributed by atoms with Crippen molar-refractivity contribution in [1.82, 2.24) is 10.6 Å². The molecule has 2 atom stereocenters. The van der Waals surface area contributed by atoms with Crippen LogP contribution in [0.2, 0.25) is 0 Å². The topological polar surface area (TPSA) is 24.1 Å². The molecule has 2 heteroatoms. The highest BCUT2D eigenvalue weighted by Gasteiger charge is 2.43. The van der Waals surface area contributed by atoms with Crippen molar-refractivity contribution < 1.29 is 0 Å². The van der Waals surface area contributed by atoms with Gasteiger partial charge in [-0.25, -0.2) is 0 Å². The Morgan fingerprint density at radius 2 is 2.11 bits per heavy atom. The molecule has 0 amide bonds. The summed E-state index contributed by atoms with van der Waals surface area (Å²) in [6.07, 6.45) is 3.28. The van der Waals surface area contributed by atoms with E-state index in [0.29, 0.717) is 11.7 Å². The van der Waals surface area contributed by atoms with Gasteiger partial charge in [-0.05, 0) is 26.7 Å². The molecule has 0 aromatic rings. The second kappa shape index (κ2) is 1.50. The molecule has 0 spiro atoms. The molecule has 0 aromatic heterocycles. The zero-order valence-corrected chi connectivity index (χ0v) is 6.07. The van der Waals surface area contributed by atoms with Gasteiger partial charge in [0.05, 0.1) is 6.17 Å². The van der Waals surface area contributed by atoms with Crippen molar-refractivity contribution in [2.45, 2.75) is 44.4 Å². The Bertz CT molecular complexity index is 131. The predicted molar refractivity (Wildman–Crippen MR) is 37.2 cm³/mol. The summed E-state index contributed by atoms with van der Waals surface area (Å²) in [5, 5.41) is 7.03. The van der Waals surface area contributed by atoms with Crippen molar-refractivity contribution in [2.75, 3.05) is 0 Å². The average molecular weight is 126 g/mol. The van der Waals surface area contributed by atoms with E-state index in [1.807, 2.05) is 0 Å². The molecule has 2 heterocycles. The van der Waals surface area contributed by atoms with E-state index in [2.05, 4.69) is 24.5 Å². The normalized spacial score (nSPS) is 46.0. The van der Waals surface area contributed by atoms with E-state index in [0.717, 1.165) is 6.04 Å². The minimum Gasteiger partial charge on any atom is -0.297 e. The van der Waals surface area contributed by atoms with Crippen LogP contribution in [0.4, 0.5) is 0 Å². The van der Waals surface area contributed by atoms with Crippen LogP contribution < -0.4 is 10.6 Å². The Hall–Kier alpha value is -0.0800. The zero-order valence-electron chi connectivity index (χ0n) is 6.07. The second-order valence-electron chi connectivity index (χ2n) is 3.72. The van der Waals surface area contributed by atoms with Crippen LogP contribution in [0.25, 0.3) is 0 Å². The van der Waals surface area contributed by atoms with E-state index >= 15 is 0 Å². The molecule has 2 aliphatic rings. The van der Waals surface area contributed by atoms with E-state index in [4.69, 9.17) is 0 Å². The number of fused-ring (bicyclic) bond motifs is 2. The minimum absolute atomic E-state index is 0.350. The Labute approximate surface area is 56.0 Å². The van der Waals surface area contributed by atoms with Crippen LogP contribution in [0.15, 0.2) is 0 Å². The minimum atomic E-state index is 0.350. The van der Waals surface area contributed by atoms with E-state index in [9.17, 15) is 0 Å². The molecular weight excluding hydrogens is 112 g/mol. The maximum absolute atomic E-state index is 3.52. The first-order valence-electron chi connectivity index (χ1n) is 3.72. The summed E-state index contributed by atoms with van der Waals surface area (Å²) in [7, 11) is 0. The summed E-state index contributed by atoms with van der Waals surface area (Å²) in [6, 6.07) is 0.725. The Morgan fingerprint density at radius 1 is 1.33 bits per heavy atom. The summed E-state index contributed by atoms with van der Waals surface area (Å²) in [5.74, 6) is 0. The summed E-state index contributed by atoms with van der Waals surface area (Å²) in [5.41, 5.74) is 0.350. The third-order valence-electron chi connectivity index (χ3n) is 2.56. The van der Waals surface area contributed by atoms with Crippen molar-refractivity contribution in [3.8, 4) is 0 Å². The van der Waals surface area contributed by atoms with Crippen molar-refractivity contribution >= 4 is 0 Å². The van der Waals surface area contributed by atoms with Crippen molar-refractivity contribution in [1.29, 1.82) is 0 Å². The molecule has 9 heavy (non-hydrogen) atoms. The van der Waals surface area contributed by atoms with E-state index in [-0.39, 0.29) is 0 Å². The van der Waals surface area contributed by atoms with Crippen molar-refractivity contribution in [3.63, 3.8) is 0 Å². The fourth-order valence-electron chi connectivity index (χ4n) is 1.98. The first kappa shape index (κ1) is 5.69. The summed E-state index contributed by atoms with van der Waals surface area (Å²) in [4.78, 5) is 0. The second-order valence-corrected chi connectivity index (χ2v) is 3.72. The highest BCUT2D eigenvalue weighted by Crippen LogP contribution is 2.28. The highest BCUT2D eigenvalue weighted by atomic mass is 15.3. The molecule has 0 radical (unpaired) electrons. The van der Waals surface area contributed by atoms with Gasteiger partial charge in [0.1, 0.15) is 0 Å². The average Bonchev–Trinajstić information content (AvgIpc) is 2.19. The van der Waals surface area contributed by atoms with Gasteiger partial charge >= 0.3 is 0 Å². The summed E-state index contributed by atoms with van der Waals surface area (Å²) < 4.78 is 0. The molecule has 2 saturated heterocycles. The molecule has 2 fully saturated rings. The van der Waals surface area contributed by atoms with Gasteiger partial charge in [-0.15, -0.1) is 0 Å². The van der Waals surface area contributed by atoms with Gasteiger partial charge in [0.25, 0.3) is 0 Å². The van der Waals surface area contributed by atoms with Gasteiger partial charge in [0.15, 0.2) is 0 Å². The SMILES string of the molecule is CC1(C)NC2CCC1N2. The maximum Gasteiger partial charge on any atom is 0.0579 e. The van der Waals surface area contributed by atoms with E-state index in [1.54, 1.807) is 0 Å². The Balaban J connectivity index is 2.18. The lowest BCUT2D eigenvalue weighted by Crippen LogP contribution is -2.46. The first-order valence-corrected chi connectivity index (χ1v) is 3.72. The summed E-state index contributed by atoms with van der Waals surface area (Å²) >= 11 is 0. The number of piperidine rings is 1. The van der Waals surface area contributed by atoms with Gasteiger partial charge in [0, 0.05) is 11.6 Å². The number of nitrogens with one attached hydrogen (secondary N) is 2. The predicted octanol–water partition coefficient (Wildman–Crippen LogP) is 0.446. The van der Waals surface area contributed by atoms with Crippen LogP contribution in [-0.4, -0.2) is 17.7 Å². The molecule has 2 bridgehead atoms. The van der Waals surface area contributed by atoms with E-state index < -0.39 is 0 Å². The molecule has 0 aromatic carbocycles. The fourth-order valence-corrected chi connectivity index (χ4v) is 1.98. The molecule has 0 aliphatic carbocycles. The van der Waals surface area contributed by atoms with Crippen LogP contribution in [-0.2, 0) is 0 Å². The van der Waals surface area contributed by atoms with Gasteiger partial charge in [-0.2, -0.15) is 0 Å².